The van der Waals surface area contributed by atoms with Gasteiger partial charge in [0.1, 0.15) is 12.4 Å². The lowest BCUT2D eigenvalue weighted by Gasteiger charge is -2.19. The second kappa shape index (κ2) is 3.16. The smallest absolute Gasteiger partial charge is 0.175 e. The van der Waals surface area contributed by atoms with Gasteiger partial charge in [-0.2, -0.15) is 0 Å². The van der Waals surface area contributed by atoms with Crippen LogP contribution in [0.2, 0.25) is 0 Å². The third kappa shape index (κ3) is 1.68. The zero-order chi connectivity index (χ0) is 10.2. The molecule has 0 aliphatic carbocycles. The number of hydrogen-bond acceptors (Lipinski definition) is 4. The first-order valence-corrected chi connectivity index (χ1v) is 6.17. The van der Waals surface area contributed by atoms with Crippen molar-refractivity contribution >= 4 is 15.5 Å². The Kier molecular flexibility index (Phi) is 2.11. The first-order valence-electron chi connectivity index (χ1n) is 4.28. The van der Waals surface area contributed by atoms with Gasteiger partial charge in [0.25, 0.3) is 0 Å². The average Bonchev–Trinajstić information content (AvgIpc) is 2.16. The summed E-state index contributed by atoms with van der Waals surface area (Å²) in [5.41, 5.74) is 0.851. The highest BCUT2D eigenvalue weighted by molar-refractivity contribution is 7.90. The van der Waals surface area contributed by atoms with Crippen LogP contribution in [0.3, 0.4) is 0 Å². The summed E-state index contributed by atoms with van der Waals surface area (Å²) >= 11 is 0. The topological polar surface area (TPSA) is 55.4 Å². The van der Waals surface area contributed by atoms with Crippen molar-refractivity contribution in [3.63, 3.8) is 0 Å². The van der Waals surface area contributed by atoms with Gasteiger partial charge in [-0.15, -0.1) is 0 Å². The zero-order valence-corrected chi connectivity index (χ0v) is 8.60. The molecule has 1 aromatic rings. The SMILES string of the molecule is CS(=O)(=O)c1ccc2c(c1)OCCN2. The molecule has 0 bridgehead atoms. The molecule has 5 heteroatoms. The van der Waals surface area contributed by atoms with E-state index in [2.05, 4.69) is 5.32 Å². The lowest BCUT2D eigenvalue weighted by molar-refractivity contribution is 0.322. The highest BCUT2D eigenvalue weighted by atomic mass is 32.2. The summed E-state index contributed by atoms with van der Waals surface area (Å²) < 4.78 is 27.8. The molecule has 0 atom stereocenters. The van der Waals surface area contributed by atoms with Crippen LogP contribution in [0.5, 0.6) is 5.75 Å². The Morgan fingerprint density at radius 3 is 2.93 bits per heavy atom. The van der Waals surface area contributed by atoms with E-state index in [0.29, 0.717) is 17.3 Å². The van der Waals surface area contributed by atoms with Gasteiger partial charge in [-0.25, -0.2) is 8.42 Å². The summed E-state index contributed by atoms with van der Waals surface area (Å²) in [5, 5.41) is 3.12. The summed E-state index contributed by atoms with van der Waals surface area (Å²) in [5.74, 6) is 0.610. The Bertz CT molecular complexity index is 453. The fourth-order valence-corrected chi connectivity index (χ4v) is 1.98. The molecule has 0 unspecified atom stereocenters. The monoisotopic (exact) mass is 213 g/mol. The molecule has 0 radical (unpaired) electrons. The number of fused-ring (bicyclic) bond motifs is 1. The van der Waals surface area contributed by atoms with Crippen LogP contribution in [0.4, 0.5) is 5.69 Å². The molecular formula is C9H11NO3S. The van der Waals surface area contributed by atoms with Crippen molar-refractivity contribution in [1.82, 2.24) is 0 Å². The van der Waals surface area contributed by atoms with Gasteiger partial charge in [-0.05, 0) is 12.1 Å². The molecule has 0 aromatic heterocycles. The van der Waals surface area contributed by atoms with E-state index in [1.807, 2.05) is 0 Å². The predicted molar refractivity (Wildman–Crippen MR) is 53.5 cm³/mol. The molecule has 2 rings (SSSR count). The molecular weight excluding hydrogens is 202 g/mol. The highest BCUT2D eigenvalue weighted by Gasteiger charge is 2.14. The number of hydrogen-bond donors (Lipinski definition) is 1. The number of nitrogens with one attached hydrogen (secondary N) is 1. The second-order valence-electron chi connectivity index (χ2n) is 3.21. The fourth-order valence-electron chi connectivity index (χ4n) is 1.35. The Labute approximate surface area is 82.8 Å². The number of ether oxygens (including phenoxy) is 1. The summed E-state index contributed by atoms with van der Waals surface area (Å²) in [6, 6.07) is 4.86. The lowest BCUT2D eigenvalue weighted by atomic mass is 10.2. The second-order valence-corrected chi connectivity index (χ2v) is 5.22. The minimum Gasteiger partial charge on any atom is -0.490 e. The Balaban J connectivity index is 2.49. The van der Waals surface area contributed by atoms with Gasteiger partial charge in [0, 0.05) is 18.9 Å². The van der Waals surface area contributed by atoms with E-state index in [1.165, 1.54) is 6.26 Å². The first kappa shape index (κ1) is 9.33. The van der Waals surface area contributed by atoms with E-state index in [4.69, 9.17) is 4.74 Å². The molecule has 0 spiro atoms. The molecule has 1 N–H and O–H groups in total. The van der Waals surface area contributed by atoms with Gasteiger partial charge >= 0.3 is 0 Å². The van der Waals surface area contributed by atoms with E-state index < -0.39 is 9.84 Å². The van der Waals surface area contributed by atoms with Crippen LogP contribution in [0, 0.1) is 0 Å². The van der Waals surface area contributed by atoms with Crippen molar-refractivity contribution in [3.8, 4) is 5.75 Å². The van der Waals surface area contributed by atoms with Crippen LogP contribution in [0.15, 0.2) is 23.1 Å². The predicted octanol–water partition coefficient (Wildman–Crippen LogP) is 0.894. The van der Waals surface area contributed by atoms with Gasteiger partial charge in [-0.3, -0.25) is 0 Å². The maximum Gasteiger partial charge on any atom is 0.175 e. The van der Waals surface area contributed by atoms with E-state index in [0.717, 1.165) is 12.2 Å². The molecule has 0 fully saturated rings. The summed E-state index contributed by atoms with van der Waals surface area (Å²) in [7, 11) is -3.14. The molecule has 76 valence electrons. The lowest BCUT2D eigenvalue weighted by Crippen LogP contribution is -2.18. The van der Waals surface area contributed by atoms with Crippen molar-refractivity contribution < 1.29 is 13.2 Å². The number of benzene rings is 1. The zero-order valence-electron chi connectivity index (χ0n) is 7.78. The van der Waals surface area contributed by atoms with Crippen molar-refractivity contribution in [2.24, 2.45) is 0 Å². The molecule has 0 saturated carbocycles. The Morgan fingerprint density at radius 1 is 1.43 bits per heavy atom. The molecule has 1 aliphatic heterocycles. The van der Waals surface area contributed by atoms with Crippen molar-refractivity contribution in [2.75, 3.05) is 24.7 Å². The van der Waals surface area contributed by atoms with E-state index in [-0.39, 0.29) is 0 Å². The standard InChI is InChI=1S/C9H11NO3S/c1-14(11,12)7-2-3-8-9(6-7)13-5-4-10-8/h2-3,6,10H,4-5H2,1H3. The van der Waals surface area contributed by atoms with Crippen molar-refractivity contribution in [1.29, 1.82) is 0 Å². The molecule has 4 nitrogen and oxygen atoms in total. The minimum atomic E-state index is -3.14. The minimum absolute atomic E-state index is 0.292. The van der Waals surface area contributed by atoms with Crippen LogP contribution >= 0.6 is 0 Å². The van der Waals surface area contributed by atoms with Crippen LogP contribution in [0.1, 0.15) is 0 Å². The van der Waals surface area contributed by atoms with Crippen molar-refractivity contribution in [3.05, 3.63) is 18.2 Å². The number of sulfone groups is 1. The average molecular weight is 213 g/mol. The van der Waals surface area contributed by atoms with Gasteiger partial charge in [0.15, 0.2) is 9.84 Å². The van der Waals surface area contributed by atoms with Crippen LogP contribution in [-0.4, -0.2) is 27.8 Å². The summed E-state index contributed by atoms with van der Waals surface area (Å²) in [6.45, 7) is 1.32. The van der Waals surface area contributed by atoms with Gasteiger partial charge in [0.05, 0.1) is 10.6 Å². The number of rotatable bonds is 1. The molecule has 0 amide bonds. The first-order chi connectivity index (χ1) is 6.57. The van der Waals surface area contributed by atoms with Gasteiger partial charge in [0.2, 0.25) is 0 Å². The largest absolute Gasteiger partial charge is 0.490 e. The Hall–Kier alpha value is -1.23. The van der Waals surface area contributed by atoms with Crippen LogP contribution < -0.4 is 10.1 Å². The fraction of sp³-hybridized carbons (Fsp3) is 0.333. The maximum absolute atomic E-state index is 11.2. The number of anilines is 1. The molecule has 1 aliphatic rings. The maximum atomic E-state index is 11.2. The summed E-state index contributed by atoms with van der Waals surface area (Å²) in [4.78, 5) is 0.292. The normalized spacial score (nSPS) is 15.2. The van der Waals surface area contributed by atoms with E-state index in [1.54, 1.807) is 18.2 Å². The van der Waals surface area contributed by atoms with E-state index in [9.17, 15) is 8.42 Å². The van der Waals surface area contributed by atoms with Crippen LogP contribution in [0.25, 0.3) is 0 Å². The van der Waals surface area contributed by atoms with E-state index >= 15 is 0 Å². The van der Waals surface area contributed by atoms with Gasteiger partial charge in [-0.1, -0.05) is 0 Å². The van der Waals surface area contributed by atoms with Crippen molar-refractivity contribution in [2.45, 2.75) is 4.90 Å². The molecule has 0 saturated heterocycles. The van der Waals surface area contributed by atoms with Gasteiger partial charge < -0.3 is 10.1 Å². The third-order valence-corrected chi connectivity index (χ3v) is 3.17. The Morgan fingerprint density at radius 2 is 2.21 bits per heavy atom. The summed E-state index contributed by atoms with van der Waals surface area (Å²) in [6.07, 6.45) is 1.19. The molecule has 1 heterocycles. The molecule has 1 aromatic carbocycles. The quantitative estimate of drug-likeness (QED) is 0.753. The third-order valence-electron chi connectivity index (χ3n) is 2.06. The molecule has 14 heavy (non-hydrogen) atoms. The highest BCUT2D eigenvalue weighted by Crippen LogP contribution is 2.29. The van der Waals surface area contributed by atoms with Crippen LogP contribution in [-0.2, 0) is 9.84 Å².